The lowest BCUT2D eigenvalue weighted by Gasteiger charge is -2.09. The molecule has 2 aromatic rings. The number of rotatable bonds is 7. The first-order valence-electron chi connectivity index (χ1n) is 7.00. The lowest BCUT2D eigenvalue weighted by atomic mass is 10.1. The van der Waals surface area contributed by atoms with Crippen LogP contribution in [0, 0.1) is 0 Å². The maximum absolute atomic E-state index is 5.91. The van der Waals surface area contributed by atoms with Crippen LogP contribution >= 0.6 is 0 Å². The molecular formula is C16H21N3O. The maximum Gasteiger partial charge on any atom is 0.137 e. The number of nitrogens with zero attached hydrogens (tertiary/aromatic N) is 2. The van der Waals surface area contributed by atoms with Crippen LogP contribution in [-0.2, 0) is 12.8 Å². The highest BCUT2D eigenvalue weighted by Crippen LogP contribution is 2.11. The van der Waals surface area contributed by atoms with Gasteiger partial charge in [-0.15, -0.1) is 0 Å². The molecule has 1 unspecified atom stereocenters. The van der Waals surface area contributed by atoms with Gasteiger partial charge in [-0.25, -0.2) is 0 Å². The van der Waals surface area contributed by atoms with Gasteiger partial charge in [-0.05, 0) is 30.2 Å². The van der Waals surface area contributed by atoms with E-state index in [1.807, 2.05) is 30.5 Å². The van der Waals surface area contributed by atoms with Crippen LogP contribution < -0.4 is 10.5 Å². The summed E-state index contributed by atoms with van der Waals surface area (Å²) in [4.78, 5) is 8.45. The fourth-order valence-electron chi connectivity index (χ4n) is 1.86. The number of pyridine rings is 2. The van der Waals surface area contributed by atoms with Crippen molar-refractivity contribution in [2.24, 2.45) is 5.73 Å². The Morgan fingerprint density at radius 3 is 2.80 bits per heavy atom. The molecule has 106 valence electrons. The van der Waals surface area contributed by atoms with Crippen molar-refractivity contribution in [2.75, 3.05) is 6.61 Å². The molecule has 0 radical (unpaired) electrons. The number of hydrogen-bond donors (Lipinski definition) is 1. The van der Waals surface area contributed by atoms with Crippen molar-refractivity contribution in [1.29, 1.82) is 0 Å². The lowest BCUT2D eigenvalue weighted by molar-refractivity contribution is 0.320. The third kappa shape index (κ3) is 4.63. The monoisotopic (exact) mass is 271 g/mol. The van der Waals surface area contributed by atoms with E-state index in [-0.39, 0.29) is 6.04 Å². The Balaban J connectivity index is 1.79. The summed E-state index contributed by atoms with van der Waals surface area (Å²) in [7, 11) is 0. The SMILES string of the molecule is CCC(N)Cc1ccc(OCCc2cccnc2)cn1. The minimum absolute atomic E-state index is 0.180. The Kier molecular flexibility index (Phi) is 5.50. The molecule has 0 saturated carbocycles. The Hall–Kier alpha value is -1.94. The Morgan fingerprint density at radius 2 is 2.15 bits per heavy atom. The van der Waals surface area contributed by atoms with Gasteiger partial charge in [-0.2, -0.15) is 0 Å². The van der Waals surface area contributed by atoms with Gasteiger partial charge in [-0.3, -0.25) is 9.97 Å². The quantitative estimate of drug-likeness (QED) is 0.840. The zero-order valence-corrected chi connectivity index (χ0v) is 11.8. The standard InChI is InChI=1S/C16H21N3O/c1-2-14(17)10-15-5-6-16(12-19-15)20-9-7-13-4-3-8-18-11-13/h3-6,8,11-12,14H,2,7,9-10,17H2,1H3. The maximum atomic E-state index is 5.91. The largest absolute Gasteiger partial charge is 0.492 e. The number of aromatic nitrogens is 2. The average molecular weight is 271 g/mol. The third-order valence-electron chi connectivity index (χ3n) is 3.18. The molecule has 0 fully saturated rings. The first-order valence-corrected chi connectivity index (χ1v) is 7.00. The first kappa shape index (κ1) is 14.5. The second-order valence-corrected chi connectivity index (χ2v) is 4.82. The zero-order valence-electron chi connectivity index (χ0n) is 11.8. The van der Waals surface area contributed by atoms with E-state index >= 15 is 0 Å². The molecule has 2 rings (SSSR count). The van der Waals surface area contributed by atoms with Crippen LogP contribution in [0.5, 0.6) is 5.75 Å². The molecule has 0 aliphatic heterocycles. The molecule has 1 atom stereocenters. The Bertz CT molecular complexity index is 499. The molecule has 4 nitrogen and oxygen atoms in total. The molecule has 2 aromatic heterocycles. The molecule has 0 amide bonds. The predicted molar refractivity (Wildman–Crippen MR) is 79.6 cm³/mol. The van der Waals surface area contributed by atoms with Gasteiger partial charge in [0.05, 0.1) is 12.8 Å². The second-order valence-electron chi connectivity index (χ2n) is 4.82. The van der Waals surface area contributed by atoms with Gasteiger partial charge in [0.1, 0.15) is 5.75 Å². The van der Waals surface area contributed by atoms with Crippen LogP contribution in [-0.4, -0.2) is 22.6 Å². The fraction of sp³-hybridized carbons (Fsp3) is 0.375. The number of nitrogens with two attached hydrogens (primary N) is 1. The van der Waals surface area contributed by atoms with Crippen molar-refractivity contribution in [1.82, 2.24) is 9.97 Å². The van der Waals surface area contributed by atoms with E-state index in [0.29, 0.717) is 6.61 Å². The topological polar surface area (TPSA) is 61.0 Å². The Labute approximate surface area is 120 Å². The summed E-state index contributed by atoms with van der Waals surface area (Å²) in [5.74, 6) is 0.794. The first-order chi connectivity index (χ1) is 9.78. The van der Waals surface area contributed by atoms with E-state index in [1.54, 1.807) is 12.4 Å². The summed E-state index contributed by atoms with van der Waals surface area (Å²) in [6, 6.07) is 8.09. The summed E-state index contributed by atoms with van der Waals surface area (Å²) < 4.78 is 5.67. The zero-order chi connectivity index (χ0) is 14.2. The van der Waals surface area contributed by atoms with Crippen LogP contribution in [0.2, 0.25) is 0 Å². The van der Waals surface area contributed by atoms with Crippen molar-refractivity contribution < 1.29 is 4.74 Å². The highest BCUT2D eigenvalue weighted by molar-refractivity contribution is 5.20. The van der Waals surface area contributed by atoms with Crippen LogP contribution in [0.25, 0.3) is 0 Å². The van der Waals surface area contributed by atoms with E-state index in [1.165, 1.54) is 5.56 Å². The molecule has 0 aliphatic carbocycles. The molecule has 2 heterocycles. The molecule has 0 aliphatic rings. The Morgan fingerprint density at radius 1 is 1.25 bits per heavy atom. The molecule has 0 aromatic carbocycles. The number of ether oxygens (including phenoxy) is 1. The van der Waals surface area contributed by atoms with Crippen LogP contribution in [0.3, 0.4) is 0 Å². The van der Waals surface area contributed by atoms with Gasteiger partial charge in [0, 0.05) is 37.0 Å². The summed E-state index contributed by atoms with van der Waals surface area (Å²) in [5, 5.41) is 0. The van der Waals surface area contributed by atoms with Gasteiger partial charge in [0.15, 0.2) is 0 Å². The summed E-state index contributed by atoms with van der Waals surface area (Å²) in [5.41, 5.74) is 8.10. The third-order valence-corrected chi connectivity index (χ3v) is 3.18. The van der Waals surface area contributed by atoms with Gasteiger partial charge in [0.25, 0.3) is 0 Å². The second kappa shape index (κ2) is 7.60. The number of hydrogen-bond acceptors (Lipinski definition) is 4. The van der Waals surface area contributed by atoms with Gasteiger partial charge in [-0.1, -0.05) is 13.0 Å². The normalized spacial score (nSPS) is 12.1. The minimum atomic E-state index is 0.180. The lowest BCUT2D eigenvalue weighted by Crippen LogP contribution is -2.21. The summed E-state index contributed by atoms with van der Waals surface area (Å²) in [6.07, 6.45) is 8.01. The van der Waals surface area contributed by atoms with E-state index in [0.717, 1.165) is 30.7 Å². The molecule has 2 N–H and O–H groups in total. The van der Waals surface area contributed by atoms with Crippen LogP contribution in [0.1, 0.15) is 24.6 Å². The van der Waals surface area contributed by atoms with E-state index in [4.69, 9.17) is 10.5 Å². The molecule has 0 spiro atoms. The molecule has 20 heavy (non-hydrogen) atoms. The van der Waals surface area contributed by atoms with Gasteiger partial charge >= 0.3 is 0 Å². The molecule has 4 heteroatoms. The smallest absolute Gasteiger partial charge is 0.137 e. The fourth-order valence-corrected chi connectivity index (χ4v) is 1.86. The molecule has 0 bridgehead atoms. The van der Waals surface area contributed by atoms with Crippen molar-refractivity contribution in [3.63, 3.8) is 0 Å². The van der Waals surface area contributed by atoms with E-state index < -0.39 is 0 Å². The minimum Gasteiger partial charge on any atom is -0.492 e. The highest BCUT2D eigenvalue weighted by atomic mass is 16.5. The predicted octanol–water partition coefficient (Wildman–Crippen LogP) is 2.38. The summed E-state index contributed by atoms with van der Waals surface area (Å²) in [6.45, 7) is 2.71. The van der Waals surface area contributed by atoms with Crippen LogP contribution in [0.4, 0.5) is 0 Å². The van der Waals surface area contributed by atoms with Gasteiger partial charge < -0.3 is 10.5 Å². The van der Waals surface area contributed by atoms with Crippen molar-refractivity contribution in [3.8, 4) is 5.75 Å². The van der Waals surface area contributed by atoms with Crippen molar-refractivity contribution >= 4 is 0 Å². The molecule has 0 saturated heterocycles. The summed E-state index contributed by atoms with van der Waals surface area (Å²) >= 11 is 0. The van der Waals surface area contributed by atoms with Crippen LogP contribution in [0.15, 0.2) is 42.9 Å². The average Bonchev–Trinajstić information content (AvgIpc) is 2.50. The van der Waals surface area contributed by atoms with E-state index in [9.17, 15) is 0 Å². The van der Waals surface area contributed by atoms with Crippen molar-refractivity contribution in [2.45, 2.75) is 32.2 Å². The molecular weight excluding hydrogens is 250 g/mol. The van der Waals surface area contributed by atoms with Gasteiger partial charge in [0.2, 0.25) is 0 Å². The highest BCUT2D eigenvalue weighted by Gasteiger charge is 2.03. The van der Waals surface area contributed by atoms with Crippen molar-refractivity contribution in [3.05, 3.63) is 54.1 Å². The van der Waals surface area contributed by atoms with E-state index in [2.05, 4.69) is 16.9 Å².